The maximum atomic E-state index is 12.4. The van der Waals surface area contributed by atoms with Gasteiger partial charge in [0.15, 0.2) is 0 Å². The Morgan fingerprint density at radius 2 is 2.00 bits per heavy atom. The fraction of sp³-hybridized carbons (Fsp3) is 0.300. The summed E-state index contributed by atoms with van der Waals surface area (Å²) in [7, 11) is 0. The maximum absolute atomic E-state index is 12.4. The highest BCUT2D eigenvalue weighted by molar-refractivity contribution is 8.00. The first kappa shape index (κ1) is 20.3. The summed E-state index contributed by atoms with van der Waals surface area (Å²) in [5.74, 6) is -0.252. The Balaban J connectivity index is 1.77. The minimum absolute atomic E-state index is 0.109. The van der Waals surface area contributed by atoms with Gasteiger partial charge in [-0.3, -0.25) is 4.79 Å². The summed E-state index contributed by atoms with van der Waals surface area (Å²) in [6.07, 6.45) is 1.46. The molecule has 0 aliphatic rings. The predicted molar refractivity (Wildman–Crippen MR) is 113 cm³/mol. The molecule has 0 aliphatic heterocycles. The Labute approximate surface area is 171 Å². The van der Waals surface area contributed by atoms with Gasteiger partial charge >= 0.3 is 5.97 Å². The van der Waals surface area contributed by atoms with Gasteiger partial charge in [0.1, 0.15) is 21.1 Å². The fourth-order valence-corrected chi connectivity index (χ4v) is 4.78. The molecule has 3 aromatic rings. The van der Waals surface area contributed by atoms with Gasteiger partial charge in [-0.05, 0) is 44.9 Å². The normalized spacial score (nSPS) is 10.9. The minimum atomic E-state index is -0.355. The van der Waals surface area contributed by atoms with Crippen LogP contribution in [0.15, 0.2) is 29.6 Å². The zero-order valence-electron chi connectivity index (χ0n) is 16.2. The molecule has 0 aliphatic carbocycles. The van der Waals surface area contributed by atoms with Crippen LogP contribution in [0.4, 0.5) is 5.69 Å². The fourth-order valence-electron chi connectivity index (χ4n) is 2.81. The van der Waals surface area contributed by atoms with Crippen molar-refractivity contribution < 1.29 is 14.3 Å². The highest BCUT2D eigenvalue weighted by atomic mass is 32.2. The summed E-state index contributed by atoms with van der Waals surface area (Å²) in [6, 6.07) is 5.91. The molecular formula is C20H21N3O3S2. The molecule has 0 saturated heterocycles. The number of thiophene rings is 1. The lowest BCUT2D eigenvalue weighted by Gasteiger charge is -2.09. The third-order valence-electron chi connectivity index (χ3n) is 4.15. The molecule has 146 valence electrons. The third kappa shape index (κ3) is 4.34. The van der Waals surface area contributed by atoms with Gasteiger partial charge in [-0.1, -0.05) is 29.5 Å². The summed E-state index contributed by atoms with van der Waals surface area (Å²) in [4.78, 5) is 34.4. The van der Waals surface area contributed by atoms with Gasteiger partial charge in [0.2, 0.25) is 5.91 Å². The molecule has 2 aromatic heterocycles. The van der Waals surface area contributed by atoms with E-state index in [0.717, 1.165) is 27.8 Å². The van der Waals surface area contributed by atoms with E-state index in [1.165, 1.54) is 29.4 Å². The van der Waals surface area contributed by atoms with Crippen LogP contribution < -0.4 is 5.32 Å². The Kier molecular flexibility index (Phi) is 6.31. The van der Waals surface area contributed by atoms with E-state index in [9.17, 15) is 9.59 Å². The molecule has 0 radical (unpaired) electrons. The molecule has 0 atom stereocenters. The predicted octanol–water partition coefficient (Wildman–Crippen LogP) is 4.52. The first-order chi connectivity index (χ1) is 13.4. The number of fused-ring (bicyclic) bond motifs is 1. The largest absolute Gasteiger partial charge is 0.462 e. The van der Waals surface area contributed by atoms with Crippen molar-refractivity contribution in [1.29, 1.82) is 0 Å². The van der Waals surface area contributed by atoms with Crippen LogP contribution in [0.1, 0.15) is 33.3 Å². The van der Waals surface area contributed by atoms with Crippen molar-refractivity contribution in [2.45, 2.75) is 32.7 Å². The molecule has 0 saturated carbocycles. The zero-order valence-corrected chi connectivity index (χ0v) is 17.8. The number of amides is 1. The number of carbonyl (C=O) groups excluding carboxylic acids is 2. The van der Waals surface area contributed by atoms with Crippen LogP contribution in [0.2, 0.25) is 0 Å². The molecule has 0 bridgehead atoms. The van der Waals surface area contributed by atoms with E-state index in [1.54, 1.807) is 6.92 Å². The monoisotopic (exact) mass is 415 g/mol. The van der Waals surface area contributed by atoms with E-state index < -0.39 is 0 Å². The van der Waals surface area contributed by atoms with Crippen molar-refractivity contribution in [1.82, 2.24) is 9.97 Å². The summed E-state index contributed by atoms with van der Waals surface area (Å²) < 4.78 is 5.11. The lowest BCUT2D eigenvalue weighted by Crippen LogP contribution is -2.15. The number of thioether (sulfide) groups is 1. The number of ether oxygens (including phenoxy) is 1. The average Bonchev–Trinajstić information content (AvgIpc) is 3.00. The third-order valence-corrected chi connectivity index (χ3v) is 6.32. The lowest BCUT2D eigenvalue weighted by molar-refractivity contribution is -0.113. The number of benzene rings is 1. The van der Waals surface area contributed by atoms with Crippen LogP contribution >= 0.6 is 23.1 Å². The van der Waals surface area contributed by atoms with E-state index >= 15 is 0 Å². The molecule has 0 spiro atoms. The van der Waals surface area contributed by atoms with Crippen LogP contribution in [-0.2, 0) is 9.53 Å². The standard InChI is InChI=1S/C20H21N3O3S2/c1-5-26-20(25)17-13(4)16-18(21-10-22-19(16)28-17)27-9-15(24)23-14-7-6-11(2)8-12(14)3/h6-8,10H,5,9H2,1-4H3,(H,23,24). The highest BCUT2D eigenvalue weighted by Gasteiger charge is 2.20. The summed E-state index contributed by atoms with van der Waals surface area (Å²) in [5.41, 5.74) is 3.77. The number of esters is 1. The van der Waals surface area contributed by atoms with Crippen molar-refractivity contribution in [3.63, 3.8) is 0 Å². The van der Waals surface area contributed by atoms with Crippen molar-refractivity contribution in [3.8, 4) is 0 Å². The number of nitrogens with one attached hydrogen (secondary N) is 1. The Morgan fingerprint density at radius 1 is 1.21 bits per heavy atom. The molecule has 8 heteroatoms. The number of hydrogen-bond donors (Lipinski definition) is 1. The SMILES string of the molecule is CCOC(=O)c1sc2ncnc(SCC(=O)Nc3ccc(C)cc3C)c2c1C. The highest BCUT2D eigenvalue weighted by Crippen LogP contribution is 2.35. The first-order valence-corrected chi connectivity index (χ1v) is 10.6. The van der Waals surface area contributed by atoms with Crippen LogP contribution in [0, 0.1) is 20.8 Å². The second-order valence-electron chi connectivity index (χ2n) is 6.29. The first-order valence-electron chi connectivity index (χ1n) is 8.81. The van der Waals surface area contributed by atoms with Crippen molar-refractivity contribution >= 4 is 50.9 Å². The molecule has 0 fully saturated rings. The van der Waals surface area contributed by atoms with Gasteiger partial charge in [0, 0.05) is 11.1 Å². The molecule has 1 amide bonds. The smallest absolute Gasteiger partial charge is 0.348 e. The number of rotatable bonds is 6. The molecule has 3 rings (SSSR count). The quantitative estimate of drug-likeness (QED) is 0.362. The Morgan fingerprint density at radius 3 is 2.71 bits per heavy atom. The topological polar surface area (TPSA) is 81.2 Å². The van der Waals surface area contributed by atoms with Gasteiger partial charge < -0.3 is 10.1 Å². The second kappa shape index (κ2) is 8.70. The average molecular weight is 416 g/mol. The zero-order chi connectivity index (χ0) is 20.3. The second-order valence-corrected chi connectivity index (χ2v) is 8.25. The van der Waals surface area contributed by atoms with Gasteiger partial charge in [0.25, 0.3) is 0 Å². The Hall–Kier alpha value is -2.45. The molecule has 1 N–H and O–H groups in total. The number of aromatic nitrogens is 2. The summed E-state index contributed by atoms with van der Waals surface area (Å²) >= 11 is 2.62. The van der Waals surface area contributed by atoms with E-state index in [4.69, 9.17) is 4.74 Å². The van der Waals surface area contributed by atoms with E-state index in [2.05, 4.69) is 15.3 Å². The summed E-state index contributed by atoms with van der Waals surface area (Å²) in [6.45, 7) is 7.93. The van der Waals surface area contributed by atoms with E-state index in [-0.39, 0.29) is 17.6 Å². The number of anilines is 1. The van der Waals surface area contributed by atoms with Gasteiger partial charge in [-0.25, -0.2) is 14.8 Å². The number of carbonyl (C=O) groups is 2. The van der Waals surface area contributed by atoms with Gasteiger partial charge in [0.05, 0.1) is 12.4 Å². The molecule has 2 heterocycles. The summed E-state index contributed by atoms with van der Waals surface area (Å²) in [5, 5.41) is 4.43. The van der Waals surface area contributed by atoms with Crippen LogP contribution in [0.3, 0.4) is 0 Å². The van der Waals surface area contributed by atoms with Crippen LogP contribution in [0.25, 0.3) is 10.2 Å². The molecule has 6 nitrogen and oxygen atoms in total. The number of aryl methyl sites for hydroxylation is 3. The van der Waals surface area contributed by atoms with Crippen molar-refractivity contribution in [2.75, 3.05) is 17.7 Å². The van der Waals surface area contributed by atoms with Crippen LogP contribution in [0.5, 0.6) is 0 Å². The van der Waals surface area contributed by atoms with Crippen LogP contribution in [-0.4, -0.2) is 34.2 Å². The van der Waals surface area contributed by atoms with E-state index in [0.29, 0.717) is 21.3 Å². The molecule has 0 unspecified atom stereocenters. The van der Waals surface area contributed by atoms with Gasteiger partial charge in [-0.15, -0.1) is 11.3 Å². The maximum Gasteiger partial charge on any atom is 0.348 e. The molecule has 28 heavy (non-hydrogen) atoms. The van der Waals surface area contributed by atoms with Gasteiger partial charge in [-0.2, -0.15) is 0 Å². The molecular weight excluding hydrogens is 394 g/mol. The lowest BCUT2D eigenvalue weighted by atomic mass is 10.1. The van der Waals surface area contributed by atoms with Crippen molar-refractivity contribution in [2.24, 2.45) is 0 Å². The Bertz CT molecular complexity index is 1050. The van der Waals surface area contributed by atoms with Crippen molar-refractivity contribution in [3.05, 3.63) is 46.1 Å². The minimum Gasteiger partial charge on any atom is -0.462 e. The van der Waals surface area contributed by atoms with E-state index in [1.807, 2.05) is 39.0 Å². The number of hydrogen-bond acceptors (Lipinski definition) is 7. The molecule has 1 aromatic carbocycles. The number of nitrogens with zero attached hydrogens (tertiary/aromatic N) is 2.